The average molecular weight is 224 g/mol. The van der Waals surface area contributed by atoms with Gasteiger partial charge in [-0.25, -0.2) is 0 Å². The maximum atomic E-state index is 11.8. The summed E-state index contributed by atoms with van der Waals surface area (Å²) in [6, 6.07) is 0. The molecule has 1 aliphatic heterocycles. The Morgan fingerprint density at radius 1 is 1.50 bits per heavy atom. The van der Waals surface area contributed by atoms with Gasteiger partial charge in [0.1, 0.15) is 0 Å². The number of amides is 1. The van der Waals surface area contributed by atoms with Gasteiger partial charge >= 0.3 is 0 Å². The zero-order chi connectivity index (χ0) is 12.0. The maximum absolute atomic E-state index is 11.8. The van der Waals surface area contributed by atoms with Gasteiger partial charge in [0.2, 0.25) is 5.91 Å². The molecule has 0 spiro atoms. The monoisotopic (exact) mass is 224 g/mol. The first-order valence-electron chi connectivity index (χ1n) is 6.21. The predicted octanol–water partition coefficient (Wildman–Crippen LogP) is 1.80. The van der Waals surface area contributed by atoms with Crippen LogP contribution in [0.4, 0.5) is 0 Å². The minimum absolute atomic E-state index is 0.222. The van der Waals surface area contributed by atoms with E-state index in [9.17, 15) is 4.79 Å². The van der Waals surface area contributed by atoms with Crippen LogP contribution in [-0.2, 0) is 4.79 Å². The van der Waals surface area contributed by atoms with Crippen molar-refractivity contribution in [2.75, 3.05) is 26.2 Å². The zero-order valence-corrected chi connectivity index (χ0v) is 10.6. The number of nitrogens with one attached hydrogen (secondary N) is 1. The van der Waals surface area contributed by atoms with E-state index in [4.69, 9.17) is 0 Å². The summed E-state index contributed by atoms with van der Waals surface area (Å²) in [6.07, 6.45) is 5.26. The number of likely N-dealkylation sites (tertiary alicyclic amines) is 1. The third-order valence-electron chi connectivity index (χ3n) is 3.74. The molecule has 1 saturated heterocycles. The van der Waals surface area contributed by atoms with Crippen LogP contribution in [0.25, 0.3) is 0 Å². The number of hydrogen-bond acceptors (Lipinski definition) is 2. The highest BCUT2D eigenvalue weighted by Gasteiger charge is 2.29. The maximum Gasteiger partial charge on any atom is 0.236 e. The Morgan fingerprint density at radius 2 is 2.12 bits per heavy atom. The number of piperidine rings is 1. The van der Waals surface area contributed by atoms with Gasteiger partial charge in [0.05, 0.1) is 6.54 Å². The summed E-state index contributed by atoms with van der Waals surface area (Å²) < 4.78 is 0. The normalized spacial score (nSPS) is 19.5. The van der Waals surface area contributed by atoms with E-state index >= 15 is 0 Å². The van der Waals surface area contributed by atoms with Crippen molar-refractivity contribution in [3.8, 4) is 0 Å². The third-order valence-corrected chi connectivity index (χ3v) is 3.74. The fourth-order valence-electron chi connectivity index (χ4n) is 2.04. The Hall–Kier alpha value is -0.830. The standard InChI is InChI=1S/C13H24N2O/c1-4-8-14-11-12(16)15-9-6-13(3,5-2)7-10-15/h4,14H,1,5-11H2,2-3H3. The molecule has 0 bridgehead atoms. The first-order valence-corrected chi connectivity index (χ1v) is 6.21. The molecule has 3 nitrogen and oxygen atoms in total. The molecule has 1 fully saturated rings. The van der Waals surface area contributed by atoms with Crippen LogP contribution >= 0.6 is 0 Å². The van der Waals surface area contributed by atoms with Gasteiger partial charge in [-0.3, -0.25) is 4.79 Å². The highest BCUT2D eigenvalue weighted by atomic mass is 16.2. The molecule has 1 aliphatic rings. The molecule has 3 heteroatoms. The zero-order valence-electron chi connectivity index (χ0n) is 10.6. The second kappa shape index (κ2) is 6.04. The first-order chi connectivity index (χ1) is 7.61. The van der Waals surface area contributed by atoms with E-state index in [0.29, 0.717) is 18.5 Å². The van der Waals surface area contributed by atoms with Crippen LogP contribution in [0.3, 0.4) is 0 Å². The summed E-state index contributed by atoms with van der Waals surface area (Å²) in [5.41, 5.74) is 0.450. The summed E-state index contributed by atoms with van der Waals surface area (Å²) in [5, 5.41) is 3.06. The van der Waals surface area contributed by atoms with E-state index in [0.717, 1.165) is 25.9 Å². The van der Waals surface area contributed by atoms with Crippen LogP contribution in [0.15, 0.2) is 12.7 Å². The molecule has 0 aromatic heterocycles. The van der Waals surface area contributed by atoms with Crippen LogP contribution in [0.5, 0.6) is 0 Å². The lowest BCUT2D eigenvalue weighted by atomic mass is 9.78. The number of carbonyl (C=O) groups is 1. The highest BCUT2D eigenvalue weighted by molar-refractivity contribution is 5.78. The minimum Gasteiger partial charge on any atom is -0.342 e. The lowest BCUT2D eigenvalue weighted by Gasteiger charge is -2.39. The molecule has 0 radical (unpaired) electrons. The Labute approximate surface area is 98.9 Å². The fourth-order valence-corrected chi connectivity index (χ4v) is 2.04. The van der Waals surface area contributed by atoms with Crippen LogP contribution in [0.2, 0.25) is 0 Å². The molecule has 0 aliphatic carbocycles. The van der Waals surface area contributed by atoms with Crippen molar-refractivity contribution in [1.82, 2.24) is 10.2 Å². The number of rotatable bonds is 5. The van der Waals surface area contributed by atoms with Crippen LogP contribution in [0, 0.1) is 5.41 Å². The van der Waals surface area contributed by atoms with E-state index in [1.807, 2.05) is 4.90 Å². The largest absolute Gasteiger partial charge is 0.342 e. The molecule has 16 heavy (non-hydrogen) atoms. The van der Waals surface area contributed by atoms with Crippen LogP contribution in [-0.4, -0.2) is 37.0 Å². The van der Waals surface area contributed by atoms with Gasteiger partial charge in [0, 0.05) is 19.6 Å². The third kappa shape index (κ3) is 3.63. The summed E-state index contributed by atoms with van der Waals surface area (Å²) in [6.45, 7) is 11.1. The van der Waals surface area contributed by atoms with Crippen molar-refractivity contribution in [2.45, 2.75) is 33.1 Å². The molecule has 0 unspecified atom stereocenters. The van der Waals surface area contributed by atoms with E-state index in [2.05, 4.69) is 25.7 Å². The Bertz CT molecular complexity index is 242. The number of nitrogens with zero attached hydrogens (tertiary/aromatic N) is 1. The molecule has 1 amide bonds. The van der Waals surface area contributed by atoms with E-state index in [-0.39, 0.29) is 5.91 Å². The van der Waals surface area contributed by atoms with Gasteiger partial charge < -0.3 is 10.2 Å². The van der Waals surface area contributed by atoms with Crippen LogP contribution < -0.4 is 5.32 Å². The molecule has 0 atom stereocenters. The van der Waals surface area contributed by atoms with Gasteiger partial charge in [-0.1, -0.05) is 26.3 Å². The van der Waals surface area contributed by atoms with Crippen molar-refractivity contribution >= 4 is 5.91 Å². The predicted molar refractivity (Wildman–Crippen MR) is 67.3 cm³/mol. The van der Waals surface area contributed by atoms with E-state index < -0.39 is 0 Å². The molecular weight excluding hydrogens is 200 g/mol. The summed E-state index contributed by atoms with van der Waals surface area (Å²) in [5.74, 6) is 0.222. The Kier molecular flexibility index (Phi) is 5.00. The van der Waals surface area contributed by atoms with Gasteiger partial charge in [-0.05, 0) is 18.3 Å². The Balaban J connectivity index is 2.30. The second-order valence-electron chi connectivity index (χ2n) is 4.96. The molecule has 0 aromatic carbocycles. The molecular formula is C13H24N2O. The van der Waals surface area contributed by atoms with Gasteiger partial charge in [-0.15, -0.1) is 6.58 Å². The molecule has 1 rings (SSSR count). The smallest absolute Gasteiger partial charge is 0.236 e. The molecule has 92 valence electrons. The number of hydrogen-bond donors (Lipinski definition) is 1. The van der Waals surface area contributed by atoms with Crippen LogP contribution in [0.1, 0.15) is 33.1 Å². The number of carbonyl (C=O) groups excluding carboxylic acids is 1. The molecule has 0 aromatic rings. The second-order valence-corrected chi connectivity index (χ2v) is 4.96. The summed E-state index contributed by atoms with van der Waals surface area (Å²) in [4.78, 5) is 13.8. The fraction of sp³-hybridized carbons (Fsp3) is 0.769. The molecule has 1 N–H and O–H groups in total. The van der Waals surface area contributed by atoms with Crippen molar-refractivity contribution in [3.05, 3.63) is 12.7 Å². The minimum atomic E-state index is 0.222. The molecule has 1 heterocycles. The summed E-state index contributed by atoms with van der Waals surface area (Å²) >= 11 is 0. The highest BCUT2D eigenvalue weighted by Crippen LogP contribution is 2.33. The van der Waals surface area contributed by atoms with Gasteiger partial charge in [0.15, 0.2) is 0 Å². The summed E-state index contributed by atoms with van der Waals surface area (Å²) in [7, 11) is 0. The van der Waals surface area contributed by atoms with Gasteiger partial charge in [0.25, 0.3) is 0 Å². The van der Waals surface area contributed by atoms with E-state index in [1.54, 1.807) is 6.08 Å². The van der Waals surface area contributed by atoms with Gasteiger partial charge in [-0.2, -0.15) is 0 Å². The lowest BCUT2D eigenvalue weighted by molar-refractivity contribution is -0.132. The Morgan fingerprint density at radius 3 is 2.62 bits per heavy atom. The van der Waals surface area contributed by atoms with Crippen molar-refractivity contribution in [3.63, 3.8) is 0 Å². The quantitative estimate of drug-likeness (QED) is 0.570. The topological polar surface area (TPSA) is 32.3 Å². The lowest BCUT2D eigenvalue weighted by Crippen LogP contribution is -2.45. The molecule has 0 saturated carbocycles. The first kappa shape index (κ1) is 13.2. The van der Waals surface area contributed by atoms with E-state index in [1.165, 1.54) is 6.42 Å². The van der Waals surface area contributed by atoms with Crippen molar-refractivity contribution in [2.24, 2.45) is 5.41 Å². The van der Waals surface area contributed by atoms with Crippen molar-refractivity contribution in [1.29, 1.82) is 0 Å². The SMILES string of the molecule is C=CCNCC(=O)N1CCC(C)(CC)CC1. The van der Waals surface area contributed by atoms with Crippen molar-refractivity contribution < 1.29 is 4.79 Å². The average Bonchev–Trinajstić information content (AvgIpc) is 2.30.